The summed E-state index contributed by atoms with van der Waals surface area (Å²) in [4.78, 5) is 0. The number of aryl methyl sites for hydroxylation is 1. The number of benzene rings is 1. The molecule has 1 rings (SSSR count). The summed E-state index contributed by atoms with van der Waals surface area (Å²) in [5.41, 5.74) is 6.07. The van der Waals surface area contributed by atoms with Gasteiger partial charge in [0.05, 0.1) is 4.47 Å². The minimum Gasteiger partial charge on any atom is -0.504 e. The summed E-state index contributed by atoms with van der Waals surface area (Å²) in [6.45, 7) is 0.580. The third-order valence-electron chi connectivity index (χ3n) is 1.84. The van der Waals surface area contributed by atoms with Crippen molar-refractivity contribution >= 4 is 15.9 Å². The maximum absolute atomic E-state index is 9.48. The molecule has 3 nitrogen and oxygen atoms in total. The molecular formula is C9H12BrNO2. The predicted octanol–water partition coefficient (Wildman–Crippen LogP) is 1.75. The number of hydrogen-bond acceptors (Lipinski definition) is 3. The second kappa shape index (κ2) is 4.48. The molecule has 0 heterocycles. The van der Waals surface area contributed by atoms with E-state index in [1.165, 1.54) is 0 Å². The number of rotatable bonds is 3. The average Bonchev–Trinajstić information content (AvgIpc) is 2.13. The maximum atomic E-state index is 9.48. The van der Waals surface area contributed by atoms with Crippen molar-refractivity contribution in [3.63, 3.8) is 0 Å². The van der Waals surface area contributed by atoms with Gasteiger partial charge in [-0.25, -0.2) is 0 Å². The van der Waals surface area contributed by atoms with Crippen LogP contribution in [0.15, 0.2) is 16.6 Å². The van der Waals surface area contributed by atoms with E-state index in [4.69, 9.17) is 5.73 Å². The molecule has 0 spiro atoms. The van der Waals surface area contributed by atoms with Crippen molar-refractivity contribution < 1.29 is 10.2 Å². The lowest BCUT2D eigenvalue weighted by atomic mass is 10.1. The summed E-state index contributed by atoms with van der Waals surface area (Å²) in [5.74, 6) is -0.155. The Balaban J connectivity index is 2.90. The summed E-state index contributed by atoms with van der Waals surface area (Å²) < 4.78 is 0.501. The van der Waals surface area contributed by atoms with Gasteiger partial charge in [-0.3, -0.25) is 0 Å². The summed E-state index contributed by atoms with van der Waals surface area (Å²) >= 11 is 3.11. The topological polar surface area (TPSA) is 66.5 Å². The summed E-state index contributed by atoms with van der Waals surface area (Å²) in [5, 5.41) is 18.8. The molecule has 4 heteroatoms. The van der Waals surface area contributed by atoms with E-state index in [1.54, 1.807) is 12.1 Å². The molecule has 1 aromatic rings. The highest BCUT2D eigenvalue weighted by Crippen LogP contribution is 2.36. The third-order valence-corrected chi connectivity index (χ3v) is 2.48. The predicted molar refractivity (Wildman–Crippen MR) is 54.8 cm³/mol. The van der Waals surface area contributed by atoms with Crippen LogP contribution in [0.3, 0.4) is 0 Å². The van der Waals surface area contributed by atoms with Gasteiger partial charge in [0.1, 0.15) is 0 Å². The van der Waals surface area contributed by atoms with Gasteiger partial charge < -0.3 is 15.9 Å². The van der Waals surface area contributed by atoms with Crippen molar-refractivity contribution in [2.24, 2.45) is 5.73 Å². The Hall–Kier alpha value is -0.740. The van der Waals surface area contributed by atoms with Gasteiger partial charge in [0.25, 0.3) is 0 Å². The van der Waals surface area contributed by atoms with E-state index in [2.05, 4.69) is 15.9 Å². The number of hydrogen-bond donors (Lipinski definition) is 3. The molecule has 0 aliphatic heterocycles. The van der Waals surface area contributed by atoms with Gasteiger partial charge >= 0.3 is 0 Å². The van der Waals surface area contributed by atoms with E-state index < -0.39 is 0 Å². The van der Waals surface area contributed by atoms with Crippen molar-refractivity contribution in [1.82, 2.24) is 0 Å². The average molecular weight is 246 g/mol. The van der Waals surface area contributed by atoms with Crippen LogP contribution in [0.25, 0.3) is 0 Å². The minimum absolute atomic E-state index is 0.0529. The second-order valence-electron chi connectivity index (χ2n) is 2.80. The lowest BCUT2D eigenvalue weighted by molar-refractivity contribution is 0.397. The number of phenols is 2. The zero-order valence-corrected chi connectivity index (χ0v) is 8.71. The van der Waals surface area contributed by atoms with Gasteiger partial charge in [-0.1, -0.05) is 6.07 Å². The van der Waals surface area contributed by atoms with E-state index in [0.29, 0.717) is 17.4 Å². The van der Waals surface area contributed by atoms with Crippen molar-refractivity contribution in [3.05, 3.63) is 22.2 Å². The molecule has 0 radical (unpaired) electrons. The van der Waals surface area contributed by atoms with Crippen LogP contribution in [0, 0.1) is 0 Å². The first-order valence-corrected chi connectivity index (χ1v) is 4.85. The Morgan fingerprint density at radius 1 is 1.23 bits per heavy atom. The molecule has 0 amide bonds. The fraction of sp³-hybridized carbons (Fsp3) is 0.333. The van der Waals surface area contributed by atoms with E-state index in [1.807, 2.05) is 0 Å². The van der Waals surface area contributed by atoms with Crippen LogP contribution in [0.2, 0.25) is 0 Å². The molecule has 0 saturated carbocycles. The molecule has 0 aromatic heterocycles. The Labute approximate surface area is 85.3 Å². The molecule has 0 atom stereocenters. The standard InChI is InChI=1S/C9H12BrNO2/c10-7-4-3-6(2-1-5-11)8(12)9(7)13/h3-4,12-13H,1-2,5,11H2. The largest absolute Gasteiger partial charge is 0.504 e. The van der Waals surface area contributed by atoms with Gasteiger partial charge in [-0.15, -0.1) is 0 Å². The summed E-state index contributed by atoms with van der Waals surface area (Å²) in [6.07, 6.45) is 1.48. The van der Waals surface area contributed by atoms with Gasteiger partial charge in [-0.2, -0.15) is 0 Å². The quantitative estimate of drug-likeness (QED) is 0.712. The van der Waals surface area contributed by atoms with Gasteiger partial charge in [0.2, 0.25) is 0 Å². The lowest BCUT2D eigenvalue weighted by Gasteiger charge is -2.06. The smallest absolute Gasteiger partial charge is 0.172 e. The molecule has 0 unspecified atom stereocenters. The van der Waals surface area contributed by atoms with Crippen LogP contribution in [-0.4, -0.2) is 16.8 Å². The first-order valence-electron chi connectivity index (χ1n) is 4.06. The van der Waals surface area contributed by atoms with Crippen LogP contribution >= 0.6 is 15.9 Å². The SMILES string of the molecule is NCCCc1ccc(Br)c(O)c1O. The Bertz CT molecular complexity index is 302. The van der Waals surface area contributed by atoms with Crippen molar-refractivity contribution in [2.45, 2.75) is 12.8 Å². The van der Waals surface area contributed by atoms with Crippen LogP contribution in [-0.2, 0) is 6.42 Å². The number of phenolic OH excluding ortho intramolecular Hbond substituents is 2. The molecular weight excluding hydrogens is 234 g/mol. The molecule has 1 aromatic carbocycles. The maximum Gasteiger partial charge on any atom is 0.172 e. The normalized spacial score (nSPS) is 10.3. The molecule has 0 aliphatic carbocycles. The van der Waals surface area contributed by atoms with Crippen LogP contribution < -0.4 is 5.73 Å². The first-order chi connectivity index (χ1) is 6.16. The highest BCUT2D eigenvalue weighted by atomic mass is 79.9. The highest BCUT2D eigenvalue weighted by Gasteiger charge is 2.08. The lowest BCUT2D eigenvalue weighted by Crippen LogP contribution is -2.00. The van der Waals surface area contributed by atoms with Gasteiger partial charge in [0.15, 0.2) is 11.5 Å². The van der Waals surface area contributed by atoms with E-state index >= 15 is 0 Å². The zero-order chi connectivity index (χ0) is 9.84. The van der Waals surface area contributed by atoms with E-state index in [0.717, 1.165) is 12.0 Å². The van der Waals surface area contributed by atoms with Crippen LogP contribution in [0.1, 0.15) is 12.0 Å². The third kappa shape index (κ3) is 2.35. The van der Waals surface area contributed by atoms with Crippen LogP contribution in [0.5, 0.6) is 11.5 Å². The number of nitrogens with two attached hydrogens (primary N) is 1. The van der Waals surface area contributed by atoms with Crippen molar-refractivity contribution in [3.8, 4) is 11.5 Å². The fourth-order valence-corrected chi connectivity index (χ4v) is 1.41. The molecule has 0 saturated heterocycles. The van der Waals surface area contributed by atoms with Gasteiger partial charge in [0, 0.05) is 0 Å². The highest BCUT2D eigenvalue weighted by molar-refractivity contribution is 9.10. The van der Waals surface area contributed by atoms with Crippen molar-refractivity contribution in [1.29, 1.82) is 0 Å². The van der Waals surface area contributed by atoms with E-state index in [9.17, 15) is 10.2 Å². The molecule has 13 heavy (non-hydrogen) atoms. The second-order valence-corrected chi connectivity index (χ2v) is 3.65. The van der Waals surface area contributed by atoms with Crippen LogP contribution in [0.4, 0.5) is 0 Å². The molecule has 0 fully saturated rings. The summed E-state index contributed by atoms with van der Waals surface area (Å²) in [7, 11) is 0. The summed E-state index contributed by atoms with van der Waals surface area (Å²) in [6, 6.07) is 3.48. The number of halogens is 1. The molecule has 72 valence electrons. The van der Waals surface area contributed by atoms with Crippen molar-refractivity contribution in [2.75, 3.05) is 6.54 Å². The minimum atomic E-state index is -0.102. The van der Waals surface area contributed by atoms with Gasteiger partial charge in [-0.05, 0) is 46.9 Å². The first kappa shape index (κ1) is 10.3. The monoisotopic (exact) mass is 245 g/mol. The Morgan fingerprint density at radius 2 is 1.92 bits per heavy atom. The fourth-order valence-electron chi connectivity index (χ4n) is 1.09. The zero-order valence-electron chi connectivity index (χ0n) is 7.13. The Morgan fingerprint density at radius 3 is 2.54 bits per heavy atom. The van der Waals surface area contributed by atoms with E-state index in [-0.39, 0.29) is 11.5 Å². The molecule has 0 bridgehead atoms. The number of aromatic hydroxyl groups is 2. The Kier molecular flexibility index (Phi) is 3.57. The molecule has 0 aliphatic rings. The molecule has 4 N–H and O–H groups in total.